The predicted molar refractivity (Wildman–Crippen MR) is 94.7 cm³/mol. The predicted octanol–water partition coefficient (Wildman–Crippen LogP) is 2.56. The van der Waals surface area contributed by atoms with Crippen LogP contribution in [0.3, 0.4) is 0 Å². The first-order valence-corrected chi connectivity index (χ1v) is 8.67. The molecule has 0 atom stereocenters. The summed E-state index contributed by atoms with van der Waals surface area (Å²) in [5.74, 6) is -0.448. The van der Waals surface area contributed by atoms with E-state index >= 15 is 0 Å². The van der Waals surface area contributed by atoms with Gasteiger partial charge in [0.15, 0.2) is 22.7 Å². The Labute approximate surface area is 152 Å². The van der Waals surface area contributed by atoms with E-state index in [9.17, 15) is 9.59 Å². The van der Waals surface area contributed by atoms with E-state index in [1.807, 2.05) is 12.1 Å². The van der Waals surface area contributed by atoms with Gasteiger partial charge in [0.2, 0.25) is 0 Å². The molecule has 2 aromatic heterocycles. The fourth-order valence-electron chi connectivity index (χ4n) is 2.29. The molecule has 0 N–H and O–H groups in total. The number of nitrogens with zero attached hydrogens (tertiary/aromatic N) is 5. The van der Waals surface area contributed by atoms with Gasteiger partial charge in [-0.2, -0.15) is 0 Å². The van der Waals surface area contributed by atoms with Crippen LogP contribution in [0.15, 0.2) is 35.6 Å². The Morgan fingerprint density at radius 2 is 1.84 bits per heavy atom. The smallest absolute Gasteiger partial charge is 0.183 e. The Hall–Kier alpha value is -2.32. The van der Waals surface area contributed by atoms with E-state index in [2.05, 4.69) is 20.3 Å². The Morgan fingerprint density at radius 3 is 2.48 bits per heavy atom. The van der Waals surface area contributed by atoms with Crippen LogP contribution in [0.1, 0.15) is 19.4 Å². The fraction of sp³-hybridized carbons (Fsp3) is 0.250. The van der Waals surface area contributed by atoms with Gasteiger partial charge in [-0.05, 0) is 31.5 Å². The lowest BCUT2D eigenvalue weighted by Crippen LogP contribution is -2.22. The molecule has 0 aliphatic carbocycles. The Kier molecular flexibility index (Phi) is 5.10. The fourth-order valence-corrected chi connectivity index (χ4v) is 3.32. The SMILES string of the molecule is CC(=O)C(Sc1ncnc2c1nnn2Cc1ccc(Cl)cc1)C(C)=O. The zero-order chi connectivity index (χ0) is 18.0. The Balaban J connectivity index is 1.93. The summed E-state index contributed by atoms with van der Waals surface area (Å²) in [5.41, 5.74) is 2.00. The maximum Gasteiger partial charge on any atom is 0.183 e. The van der Waals surface area contributed by atoms with Crippen molar-refractivity contribution in [3.8, 4) is 0 Å². The molecule has 0 amide bonds. The number of halogens is 1. The molecule has 0 fully saturated rings. The normalized spacial score (nSPS) is 11.2. The average molecular weight is 376 g/mol. The number of thioether (sulfide) groups is 1. The average Bonchev–Trinajstić information content (AvgIpc) is 2.98. The number of hydrogen-bond acceptors (Lipinski definition) is 7. The number of rotatable bonds is 6. The maximum atomic E-state index is 11.7. The second-order valence-corrected chi connectivity index (χ2v) is 6.97. The second-order valence-electron chi connectivity index (χ2n) is 5.44. The van der Waals surface area contributed by atoms with E-state index < -0.39 is 5.25 Å². The largest absolute Gasteiger partial charge is 0.298 e. The van der Waals surface area contributed by atoms with Gasteiger partial charge in [-0.3, -0.25) is 9.59 Å². The lowest BCUT2D eigenvalue weighted by atomic mass is 10.2. The number of ketones is 2. The Bertz CT molecular complexity index is 927. The minimum absolute atomic E-state index is 0.224. The standard InChI is InChI=1S/C16H14ClN5O2S/c1-9(23)14(10(2)24)25-16-13-15(18-8-19-16)22(21-20-13)7-11-3-5-12(17)6-4-11/h3-6,8,14H,7H2,1-2H3. The molecule has 0 saturated carbocycles. The van der Waals surface area contributed by atoms with Crippen LogP contribution >= 0.6 is 23.4 Å². The van der Waals surface area contributed by atoms with Crippen LogP contribution in [-0.2, 0) is 16.1 Å². The molecule has 0 spiro atoms. The van der Waals surface area contributed by atoms with Gasteiger partial charge in [0.1, 0.15) is 16.6 Å². The van der Waals surface area contributed by atoms with Crippen molar-refractivity contribution in [1.82, 2.24) is 25.0 Å². The lowest BCUT2D eigenvalue weighted by Gasteiger charge is -2.08. The molecule has 25 heavy (non-hydrogen) atoms. The topological polar surface area (TPSA) is 90.6 Å². The summed E-state index contributed by atoms with van der Waals surface area (Å²) in [5, 5.41) is 8.56. The van der Waals surface area contributed by atoms with Gasteiger partial charge in [-0.1, -0.05) is 40.7 Å². The van der Waals surface area contributed by atoms with Crippen LogP contribution < -0.4 is 0 Å². The number of benzene rings is 1. The molecule has 7 nitrogen and oxygen atoms in total. The third kappa shape index (κ3) is 3.85. The molecule has 3 rings (SSSR count). The highest BCUT2D eigenvalue weighted by molar-refractivity contribution is 8.01. The van der Waals surface area contributed by atoms with Gasteiger partial charge < -0.3 is 0 Å². The minimum Gasteiger partial charge on any atom is -0.298 e. The number of hydrogen-bond donors (Lipinski definition) is 0. The van der Waals surface area contributed by atoms with Gasteiger partial charge in [0.25, 0.3) is 0 Å². The molecule has 0 saturated heterocycles. The molecule has 0 aliphatic rings. The number of fused-ring (bicyclic) bond motifs is 1. The van der Waals surface area contributed by atoms with Crippen molar-refractivity contribution >= 4 is 46.1 Å². The van der Waals surface area contributed by atoms with Crippen molar-refractivity contribution in [3.63, 3.8) is 0 Å². The van der Waals surface area contributed by atoms with Crippen molar-refractivity contribution in [2.45, 2.75) is 30.7 Å². The van der Waals surface area contributed by atoms with E-state index in [-0.39, 0.29) is 11.6 Å². The lowest BCUT2D eigenvalue weighted by molar-refractivity contribution is -0.123. The van der Waals surface area contributed by atoms with E-state index in [4.69, 9.17) is 11.6 Å². The van der Waals surface area contributed by atoms with Crippen molar-refractivity contribution < 1.29 is 9.59 Å². The van der Waals surface area contributed by atoms with E-state index in [1.54, 1.807) is 16.8 Å². The van der Waals surface area contributed by atoms with Crippen LogP contribution in [-0.4, -0.2) is 41.8 Å². The molecule has 0 radical (unpaired) electrons. The highest BCUT2D eigenvalue weighted by atomic mass is 35.5. The van der Waals surface area contributed by atoms with E-state index in [0.717, 1.165) is 17.3 Å². The summed E-state index contributed by atoms with van der Waals surface area (Å²) in [6, 6.07) is 7.40. The third-order valence-electron chi connectivity index (χ3n) is 3.48. The Morgan fingerprint density at radius 1 is 1.16 bits per heavy atom. The number of carbonyl (C=O) groups excluding carboxylic acids is 2. The second kappa shape index (κ2) is 7.28. The van der Waals surface area contributed by atoms with Crippen molar-refractivity contribution in [1.29, 1.82) is 0 Å². The first kappa shape index (κ1) is 17.5. The van der Waals surface area contributed by atoms with Crippen LogP contribution in [0, 0.1) is 0 Å². The molecule has 128 valence electrons. The van der Waals surface area contributed by atoms with Crippen LogP contribution in [0.25, 0.3) is 11.2 Å². The summed E-state index contributed by atoms with van der Waals surface area (Å²) in [4.78, 5) is 31.7. The van der Waals surface area contributed by atoms with Gasteiger partial charge in [-0.25, -0.2) is 14.6 Å². The van der Waals surface area contributed by atoms with Crippen molar-refractivity contribution in [3.05, 3.63) is 41.2 Å². The summed E-state index contributed by atoms with van der Waals surface area (Å²) >= 11 is 6.97. The molecular formula is C16H14ClN5O2S. The first-order valence-electron chi connectivity index (χ1n) is 7.42. The molecule has 9 heteroatoms. The van der Waals surface area contributed by atoms with Crippen LogP contribution in [0.5, 0.6) is 0 Å². The van der Waals surface area contributed by atoms with Crippen LogP contribution in [0.2, 0.25) is 5.02 Å². The van der Waals surface area contributed by atoms with Gasteiger partial charge in [-0.15, -0.1) is 5.10 Å². The van der Waals surface area contributed by atoms with Crippen LogP contribution in [0.4, 0.5) is 0 Å². The monoisotopic (exact) mass is 375 g/mol. The number of aromatic nitrogens is 5. The summed E-state index contributed by atoms with van der Waals surface area (Å²) < 4.78 is 1.64. The molecule has 3 aromatic rings. The third-order valence-corrected chi connectivity index (χ3v) is 5.15. The van der Waals surface area contributed by atoms with E-state index in [1.165, 1.54) is 20.2 Å². The summed E-state index contributed by atoms with van der Waals surface area (Å²) in [7, 11) is 0. The van der Waals surface area contributed by atoms with Gasteiger partial charge in [0.05, 0.1) is 6.54 Å². The number of carbonyl (C=O) groups is 2. The summed E-state index contributed by atoms with van der Waals surface area (Å²) in [6.45, 7) is 3.24. The molecular weight excluding hydrogens is 362 g/mol. The highest BCUT2D eigenvalue weighted by Crippen LogP contribution is 2.27. The quantitative estimate of drug-likeness (QED) is 0.371. The van der Waals surface area contributed by atoms with E-state index in [0.29, 0.717) is 27.8 Å². The molecule has 2 heterocycles. The first-order chi connectivity index (χ1) is 12.0. The molecule has 1 aromatic carbocycles. The minimum atomic E-state index is -0.806. The molecule has 0 unspecified atom stereocenters. The maximum absolute atomic E-state index is 11.7. The van der Waals surface area contributed by atoms with Gasteiger partial charge >= 0.3 is 0 Å². The molecule has 0 bridgehead atoms. The van der Waals surface area contributed by atoms with Gasteiger partial charge in [0, 0.05) is 5.02 Å². The highest BCUT2D eigenvalue weighted by Gasteiger charge is 2.24. The number of Topliss-reactive ketones (excluding diaryl/α,β-unsaturated/α-hetero) is 2. The summed E-state index contributed by atoms with van der Waals surface area (Å²) in [6.07, 6.45) is 1.38. The molecule has 0 aliphatic heterocycles. The zero-order valence-corrected chi connectivity index (χ0v) is 15.1. The van der Waals surface area contributed by atoms with Crippen molar-refractivity contribution in [2.75, 3.05) is 0 Å². The zero-order valence-electron chi connectivity index (χ0n) is 13.5. The van der Waals surface area contributed by atoms with Crippen molar-refractivity contribution in [2.24, 2.45) is 0 Å².